The number of carbonyl (C=O) groups is 3. The molecule has 0 bridgehead atoms. The largest absolute Gasteiger partial charge is 0.480 e. The molecular formula is C28H36N2O5. The van der Waals surface area contributed by atoms with Gasteiger partial charge >= 0.3 is 12.1 Å². The second kappa shape index (κ2) is 10.9. The fourth-order valence-corrected chi connectivity index (χ4v) is 4.58. The van der Waals surface area contributed by atoms with Crippen molar-refractivity contribution in [3.05, 3.63) is 59.7 Å². The molecule has 0 aromatic heterocycles. The van der Waals surface area contributed by atoms with Crippen molar-refractivity contribution in [1.82, 2.24) is 10.2 Å². The van der Waals surface area contributed by atoms with Crippen LogP contribution < -0.4 is 5.32 Å². The molecule has 7 nitrogen and oxygen atoms in total. The minimum atomic E-state index is -1.05. The van der Waals surface area contributed by atoms with Crippen molar-refractivity contribution in [2.45, 2.75) is 52.5 Å². The van der Waals surface area contributed by atoms with Crippen molar-refractivity contribution in [1.29, 1.82) is 0 Å². The van der Waals surface area contributed by atoms with Crippen LogP contribution >= 0.6 is 0 Å². The third-order valence-electron chi connectivity index (χ3n) is 6.64. The second-order valence-electron chi connectivity index (χ2n) is 10.5. The van der Waals surface area contributed by atoms with E-state index < -0.39 is 17.6 Å². The molecule has 3 rings (SSSR count). The summed E-state index contributed by atoms with van der Waals surface area (Å²) in [5, 5.41) is 12.0. The summed E-state index contributed by atoms with van der Waals surface area (Å²) in [6.45, 7) is 9.54. The van der Waals surface area contributed by atoms with E-state index in [9.17, 15) is 19.5 Å². The minimum Gasteiger partial charge on any atom is -0.480 e. The lowest BCUT2D eigenvalue weighted by Gasteiger charge is -2.36. The highest BCUT2D eigenvalue weighted by atomic mass is 16.5. The first-order valence-corrected chi connectivity index (χ1v) is 12.1. The molecule has 0 saturated heterocycles. The van der Waals surface area contributed by atoms with Crippen molar-refractivity contribution in [2.75, 3.05) is 19.7 Å². The molecule has 7 heteroatoms. The maximum Gasteiger partial charge on any atom is 0.407 e. The van der Waals surface area contributed by atoms with Gasteiger partial charge in [-0.25, -0.2) is 4.79 Å². The number of nitrogens with zero attached hydrogens (tertiary/aromatic N) is 1. The Bertz CT molecular complexity index is 1030. The van der Waals surface area contributed by atoms with E-state index in [0.29, 0.717) is 0 Å². The number of nitrogens with one attached hydrogen (secondary N) is 1. The van der Waals surface area contributed by atoms with E-state index in [4.69, 9.17) is 4.74 Å². The van der Waals surface area contributed by atoms with E-state index in [1.165, 1.54) is 16.0 Å². The number of hydrogen-bond acceptors (Lipinski definition) is 4. The van der Waals surface area contributed by atoms with Crippen molar-refractivity contribution >= 4 is 18.0 Å². The number of alkyl carbamates (subject to hydrolysis) is 1. The average molecular weight is 481 g/mol. The van der Waals surface area contributed by atoms with Crippen LogP contribution in [0.3, 0.4) is 0 Å². The minimum absolute atomic E-state index is 0.0213. The van der Waals surface area contributed by atoms with E-state index in [1.54, 1.807) is 0 Å². The Labute approximate surface area is 207 Å². The summed E-state index contributed by atoms with van der Waals surface area (Å²) < 4.78 is 5.61. The van der Waals surface area contributed by atoms with Crippen LogP contribution in [0, 0.1) is 11.8 Å². The van der Waals surface area contributed by atoms with Crippen molar-refractivity contribution < 1.29 is 24.2 Å². The van der Waals surface area contributed by atoms with E-state index in [1.807, 2.05) is 58.9 Å². The molecule has 0 aliphatic heterocycles. The molecule has 0 radical (unpaired) electrons. The number of ether oxygens (including phenoxy) is 1. The number of fused-ring (bicyclic) bond motifs is 3. The first kappa shape index (κ1) is 26.3. The summed E-state index contributed by atoms with van der Waals surface area (Å²) >= 11 is 0. The third-order valence-corrected chi connectivity index (χ3v) is 6.64. The van der Waals surface area contributed by atoms with E-state index >= 15 is 0 Å². The lowest BCUT2D eigenvalue weighted by molar-refractivity contribution is -0.148. The van der Waals surface area contributed by atoms with Crippen molar-refractivity contribution in [3.63, 3.8) is 0 Å². The van der Waals surface area contributed by atoms with Crippen molar-refractivity contribution in [3.8, 4) is 11.1 Å². The standard InChI is InChI=1S/C28H36N2O5/c1-18(2)19(14-25(31)30(16-26(32)33)28(3,4)5)15-29-27(34)35-17-24-22-12-8-6-10-20(22)21-11-7-9-13-23(21)24/h6-13,18-19,24H,14-17H2,1-5H3,(H,29,34)(H,32,33). The van der Waals surface area contributed by atoms with Gasteiger partial charge in [-0.15, -0.1) is 0 Å². The summed E-state index contributed by atoms with van der Waals surface area (Å²) in [7, 11) is 0. The van der Waals surface area contributed by atoms with Gasteiger partial charge in [-0.05, 0) is 54.9 Å². The van der Waals surface area contributed by atoms with Gasteiger partial charge in [0.2, 0.25) is 5.91 Å². The van der Waals surface area contributed by atoms with Gasteiger partial charge in [-0.3, -0.25) is 9.59 Å². The summed E-state index contributed by atoms with van der Waals surface area (Å²) in [4.78, 5) is 38.1. The Morgan fingerprint density at radius 2 is 1.54 bits per heavy atom. The maximum atomic E-state index is 12.9. The molecule has 1 atom stereocenters. The number of rotatable bonds is 9. The number of carboxylic acid groups (broad SMARTS) is 1. The molecule has 0 spiro atoms. The average Bonchev–Trinajstić information content (AvgIpc) is 3.11. The van der Waals surface area contributed by atoms with Crippen LogP contribution in [0.2, 0.25) is 0 Å². The van der Waals surface area contributed by atoms with Gasteiger partial charge < -0.3 is 20.1 Å². The smallest absolute Gasteiger partial charge is 0.407 e. The monoisotopic (exact) mass is 480 g/mol. The number of amides is 2. The number of carbonyl (C=O) groups excluding carboxylic acids is 2. The van der Waals surface area contributed by atoms with E-state index in [-0.39, 0.29) is 49.8 Å². The van der Waals surface area contributed by atoms with E-state index in [0.717, 1.165) is 11.1 Å². The Morgan fingerprint density at radius 1 is 1.00 bits per heavy atom. The molecule has 1 aliphatic carbocycles. The van der Waals surface area contributed by atoms with Gasteiger partial charge in [-0.1, -0.05) is 62.4 Å². The molecule has 1 unspecified atom stereocenters. The molecule has 2 aromatic rings. The molecule has 2 N–H and O–H groups in total. The van der Waals surface area contributed by atoms with Crippen LogP contribution in [0.25, 0.3) is 11.1 Å². The Kier molecular flexibility index (Phi) is 8.20. The zero-order valence-electron chi connectivity index (χ0n) is 21.2. The fourth-order valence-electron chi connectivity index (χ4n) is 4.58. The van der Waals surface area contributed by atoms with Crippen LogP contribution in [0.1, 0.15) is 58.1 Å². The Morgan fingerprint density at radius 3 is 2.03 bits per heavy atom. The fraction of sp³-hybridized carbons (Fsp3) is 0.464. The number of carboxylic acids is 1. The highest BCUT2D eigenvalue weighted by molar-refractivity contribution is 5.82. The summed E-state index contributed by atoms with van der Waals surface area (Å²) in [5.41, 5.74) is 4.01. The summed E-state index contributed by atoms with van der Waals surface area (Å²) in [5.74, 6) is -1.35. The lowest BCUT2D eigenvalue weighted by atomic mass is 9.91. The number of hydrogen-bond donors (Lipinski definition) is 2. The normalized spacial score (nSPS) is 13.7. The quantitative estimate of drug-likeness (QED) is 0.532. The maximum absolute atomic E-state index is 12.9. The third kappa shape index (κ3) is 6.41. The van der Waals surface area contributed by atoms with Gasteiger partial charge in [0.25, 0.3) is 0 Å². The number of aliphatic carboxylic acids is 1. The zero-order chi connectivity index (χ0) is 25.8. The first-order chi connectivity index (χ1) is 16.5. The van der Waals surface area contributed by atoms with Gasteiger partial charge in [0.05, 0.1) is 0 Å². The highest BCUT2D eigenvalue weighted by Crippen LogP contribution is 2.44. The van der Waals surface area contributed by atoms with Crippen LogP contribution in [-0.2, 0) is 14.3 Å². The Hall–Kier alpha value is -3.35. The predicted molar refractivity (Wildman–Crippen MR) is 135 cm³/mol. The molecule has 1 aliphatic rings. The second-order valence-corrected chi connectivity index (χ2v) is 10.5. The zero-order valence-corrected chi connectivity index (χ0v) is 21.2. The van der Waals surface area contributed by atoms with Crippen LogP contribution in [0.4, 0.5) is 4.79 Å². The van der Waals surface area contributed by atoms with Gasteiger partial charge in [0.1, 0.15) is 13.2 Å². The molecule has 2 aromatic carbocycles. The van der Waals surface area contributed by atoms with Gasteiger partial charge in [0, 0.05) is 24.4 Å². The molecule has 2 amide bonds. The van der Waals surface area contributed by atoms with Gasteiger partial charge in [0.15, 0.2) is 0 Å². The van der Waals surface area contributed by atoms with Gasteiger partial charge in [-0.2, -0.15) is 0 Å². The molecule has 0 saturated carbocycles. The molecule has 0 heterocycles. The van der Waals surface area contributed by atoms with E-state index in [2.05, 4.69) is 29.6 Å². The van der Waals surface area contributed by atoms with Crippen LogP contribution in [0.5, 0.6) is 0 Å². The SMILES string of the molecule is CC(C)C(CNC(=O)OCC1c2ccccc2-c2ccccc21)CC(=O)N(CC(=O)O)C(C)(C)C. The lowest BCUT2D eigenvalue weighted by Crippen LogP contribution is -2.49. The topological polar surface area (TPSA) is 95.9 Å². The number of benzene rings is 2. The van der Waals surface area contributed by atoms with Crippen LogP contribution in [-0.4, -0.2) is 53.2 Å². The summed E-state index contributed by atoms with van der Waals surface area (Å²) in [6.07, 6.45) is -0.380. The molecule has 188 valence electrons. The molecule has 35 heavy (non-hydrogen) atoms. The molecular weight excluding hydrogens is 444 g/mol. The predicted octanol–water partition coefficient (Wildman–Crippen LogP) is 4.90. The first-order valence-electron chi connectivity index (χ1n) is 12.1. The van der Waals surface area contributed by atoms with Crippen LogP contribution in [0.15, 0.2) is 48.5 Å². The highest BCUT2D eigenvalue weighted by Gasteiger charge is 2.31. The Balaban J connectivity index is 1.59. The summed E-state index contributed by atoms with van der Waals surface area (Å²) in [6, 6.07) is 16.3. The van der Waals surface area contributed by atoms with Crippen molar-refractivity contribution in [2.24, 2.45) is 11.8 Å². The molecule has 0 fully saturated rings.